The maximum absolute atomic E-state index is 3.68. The number of alkyl halides is 1. The van der Waals surface area contributed by atoms with Crippen LogP contribution in [-0.4, -0.2) is 37.6 Å². The largest absolute Gasteiger partial charge is 0.371 e. The van der Waals surface area contributed by atoms with E-state index in [2.05, 4.69) is 59.9 Å². The summed E-state index contributed by atoms with van der Waals surface area (Å²) in [7, 11) is 0. The standard InChI is InChI=1S/C17H24Br2N2/c18-12-15-3-4-16(11-17(15)19)21-9-5-14(6-10-21)13-20-7-1-2-8-20/h3-4,11,14H,1-2,5-10,12-13H2. The molecule has 0 N–H and O–H groups in total. The minimum Gasteiger partial charge on any atom is -0.371 e. The number of anilines is 1. The van der Waals surface area contributed by atoms with Gasteiger partial charge in [-0.3, -0.25) is 0 Å². The van der Waals surface area contributed by atoms with E-state index in [0.717, 1.165) is 11.2 Å². The van der Waals surface area contributed by atoms with E-state index < -0.39 is 0 Å². The van der Waals surface area contributed by atoms with Crippen molar-refractivity contribution in [3.8, 4) is 0 Å². The van der Waals surface area contributed by atoms with Crippen molar-refractivity contribution in [1.82, 2.24) is 4.90 Å². The molecule has 0 atom stereocenters. The van der Waals surface area contributed by atoms with Gasteiger partial charge in [0, 0.05) is 35.1 Å². The summed E-state index contributed by atoms with van der Waals surface area (Å²) in [5.41, 5.74) is 2.69. The van der Waals surface area contributed by atoms with Crippen molar-refractivity contribution in [3.63, 3.8) is 0 Å². The zero-order chi connectivity index (χ0) is 14.7. The van der Waals surface area contributed by atoms with Crippen LogP contribution in [0.25, 0.3) is 0 Å². The van der Waals surface area contributed by atoms with Crippen LogP contribution in [0.3, 0.4) is 0 Å². The topological polar surface area (TPSA) is 6.48 Å². The van der Waals surface area contributed by atoms with Crippen LogP contribution in [0.2, 0.25) is 0 Å². The molecule has 2 heterocycles. The fourth-order valence-corrected chi connectivity index (χ4v) is 4.92. The molecule has 0 aromatic heterocycles. The minimum absolute atomic E-state index is 0.907. The lowest BCUT2D eigenvalue weighted by Gasteiger charge is -2.35. The first-order valence-electron chi connectivity index (χ1n) is 8.08. The Kier molecular flexibility index (Phi) is 5.63. The molecule has 2 fully saturated rings. The first-order chi connectivity index (χ1) is 10.3. The highest BCUT2D eigenvalue weighted by atomic mass is 79.9. The van der Waals surface area contributed by atoms with Crippen LogP contribution in [0.5, 0.6) is 0 Å². The normalized spacial score (nSPS) is 21.1. The summed E-state index contributed by atoms with van der Waals surface area (Å²) in [6.45, 7) is 6.42. The monoisotopic (exact) mass is 414 g/mol. The van der Waals surface area contributed by atoms with Gasteiger partial charge in [0.2, 0.25) is 0 Å². The lowest BCUT2D eigenvalue weighted by Crippen LogP contribution is -2.38. The Morgan fingerprint density at radius 1 is 1.05 bits per heavy atom. The molecule has 2 aliphatic rings. The highest BCUT2D eigenvalue weighted by Crippen LogP contribution is 2.29. The molecule has 1 aromatic carbocycles. The first kappa shape index (κ1) is 15.8. The molecule has 0 aliphatic carbocycles. The van der Waals surface area contributed by atoms with Gasteiger partial charge in [-0.25, -0.2) is 0 Å². The Morgan fingerprint density at radius 3 is 2.38 bits per heavy atom. The number of halogens is 2. The summed E-state index contributed by atoms with van der Waals surface area (Å²) in [6.07, 6.45) is 5.50. The summed E-state index contributed by atoms with van der Waals surface area (Å²) in [4.78, 5) is 5.21. The highest BCUT2D eigenvalue weighted by molar-refractivity contribution is 9.10. The second kappa shape index (κ2) is 7.47. The highest BCUT2D eigenvalue weighted by Gasteiger charge is 2.23. The fraction of sp³-hybridized carbons (Fsp3) is 0.647. The SMILES string of the molecule is BrCc1ccc(N2CCC(CN3CCCC3)CC2)cc1Br. The van der Waals surface area contributed by atoms with E-state index in [1.54, 1.807) is 0 Å². The fourth-order valence-electron chi connectivity index (χ4n) is 3.55. The van der Waals surface area contributed by atoms with Crippen LogP contribution in [0.15, 0.2) is 22.7 Å². The van der Waals surface area contributed by atoms with Gasteiger partial charge in [0.05, 0.1) is 0 Å². The quantitative estimate of drug-likeness (QED) is 0.660. The second-order valence-electron chi connectivity index (χ2n) is 6.35. The minimum atomic E-state index is 0.907. The lowest BCUT2D eigenvalue weighted by molar-refractivity contribution is 0.249. The molecule has 4 heteroatoms. The Bertz CT molecular complexity index is 464. The molecule has 0 bridgehead atoms. The summed E-state index contributed by atoms with van der Waals surface area (Å²) >= 11 is 7.21. The second-order valence-corrected chi connectivity index (χ2v) is 7.76. The zero-order valence-corrected chi connectivity index (χ0v) is 15.7. The van der Waals surface area contributed by atoms with Gasteiger partial charge in [0.1, 0.15) is 0 Å². The number of hydrogen-bond donors (Lipinski definition) is 0. The van der Waals surface area contributed by atoms with E-state index >= 15 is 0 Å². The van der Waals surface area contributed by atoms with Crippen molar-refractivity contribution in [2.75, 3.05) is 37.6 Å². The van der Waals surface area contributed by atoms with E-state index in [1.807, 2.05) is 0 Å². The van der Waals surface area contributed by atoms with E-state index in [9.17, 15) is 0 Å². The van der Waals surface area contributed by atoms with Crippen molar-refractivity contribution >= 4 is 37.5 Å². The van der Waals surface area contributed by atoms with Gasteiger partial charge in [-0.05, 0) is 62.4 Å². The number of piperidine rings is 1. The van der Waals surface area contributed by atoms with Crippen molar-refractivity contribution < 1.29 is 0 Å². The van der Waals surface area contributed by atoms with Crippen molar-refractivity contribution in [2.24, 2.45) is 5.92 Å². The van der Waals surface area contributed by atoms with Crippen LogP contribution < -0.4 is 4.90 Å². The lowest BCUT2D eigenvalue weighted by atomic mass is 9.96. The number of nitrogens with zero attached hydrogens (tertiary/aromatic N) is 2. The van der Waals surface area contributed by atoms with Crippen LogP contribution >= 0.6 is 31.9 Å². The Hall–Kier alpha value is -0.0600. The molecule has 21 heavy (non-hydrogen) atoms. The maximum Gasteiger partial charge on any atom is 0.0377 e. The summed E-state index contributed by atoms with van der Waals surface area (Å²) in [5, 5.41) is 0.909. The van der Waals surface area contributed by atoms with E-state index in [0.29, 0.717) is 0 Å². The van der Waals surface area contributed by atoms with Crippen LogP contribution in [0, 0.1) is 5.92 Å². The average Bonchev–Trinajstić information content (AvgIpc) is 3.01. The predicted octanol–water partition coefficient (Wildman–Crippen LogP) is 4.66. The van der Waals surface area contributed by atoms with E-state index in [1.165, 1.54) is 74.1 Å². The maximum atomic E-state index is 3.68. The molecule has 1 aromatic rings. The van der Waals surface area contributed by atoms with Gasteiger partial charge in [0.25, 0.3) is 0 Å². The molecular weight excluding hydrogens is 392 g/mol. The Balaban J connectivity index is 1.54. The third-order valence-electron chi connectivity index (χ3n) is 4.88. The first-order valence-corrected chi connectivity index (χ1v) is 9.99. The summed E-state index contributed by atoms with van der Waals surface area (Å²) in [5.74, 6) is 0.907. The third kappa shape index (κ3) is 4.02. The van der Waals surface area contributed by atoms with Crippen molar-refractivity contribution in [3.05, 3.63) is 28.2 Å². The van der Waals surface area contributed by atoms with Gasteiger partial charge in [-0.2, -0.15) is 0 Å². The molecule has 2 nitrogen and oxygen atoms in total. The molecule has 0 unspecified atom stereocenters. The molecule has 0 saturated carbocycles. The van der Waals surface area contributed by atoms with Gasteiger partial charge < -0.3 is 9.80 Å². The summed E-state index contributed by atoms with van der Waals surface area (Å²) in [6, 6.07) is 6.77. The summed E-state index contributed by atoms with van der Waals surface area (Å²) < 4.78 is 1.22. The Labute approximate surface area is 145 Å². The van der Waals surface area contributed by atoms with Gasteiger partial charge in [-0.15, -0.1) is 0 Å². The number of hydrogen-bond acceptors (Lipinski definition) is 2. The third-order valence-corrected chi connectivity index (χ3v) is 6.22. The molecule has 0 radical (unpaired) electrons. The van der Waals surface area contributed by atoms with Crippen LogP contribution in [0.4, 0.5) is 5.69 Å². The molecule has 116 valence electrons. The molecule has 2 aliphatic heterocycles. The predicted molar refractivity (Wildman–Crippen MR) is 97.4 cm³/mol. The average molecular weight is 416 g/mol. The molecule has 2 saturated heterocycles. The number of benzene rings is 1. The van der Waals surface area contributed by atoms with E-state index in [-0.39, 0.29) is 0 Å². The van der Waals surface area contributed by atoms with Gasteiger partial charge in [0.15, 0.2) is 0 Å². The van der Waals surface area contributed by atoms with Crippen LogP contribution in [0.1, 0.15) is 31.2 Å². The van der Waals surface area contributed by atoms with Gasteiger partial charge in [-0.1, -0.05) is 37.9 Å². The molecule has 3 rings (SSSR count). The smallest absolute Gasteiger partial charge is 0.0377 e. The van der Waals surface area contributed by atoms with Crippen molar-refractivity contribution in [1.29, 1.82) is 0 Å². The molecule has 0 spiro atoms. The van der Waals surface area contributed by atoms with Gasteiger partial charge >= 0.3 is 0 Å². The van der Waals surface area contributed by atoms with Crippen LogP contribution in [-0.2, 0) is 5.33 Å². The molecule has 0 amide bonds. The number of likely N-dealkylation sites (tertiary alicyclic amines) is 1. The van der Waals surface area contributed by atoms with E-state index in [4.69, 9.17) is 0 Å². The zero-order valence-electron chi connectivity index (χ0n) is 12.5. The Morgan fingerprint density at radius 2 is 1.76 bits per heavy atom. The molecular formula is C17H24Br2N2. The number of rotatable bonds is 4. The van der Waals surface area contributed by atoms with Crippen molar-refractivity contribution in [2.45, 2.75) is 31.0 Å².